The standard InChI is InChI=1S/C8H15Br2ClO4/c9-2-8(3-10,4-13)7(15)6(11)5(14)1-12/h5-7,12-15H,1-4H2. The number of aliphatic hydroxyl groups is 4. The van der Waals surface area contributed by atoms with Crippen molar-refractivity contribution in [2.45, 2.75) is 17.6 Å². The van der Waals surface area contributed by atoms with Crippen molar-refractivity contribution in [2.24, 2.45) is 5.41 Å². The van der Waals surface area contributed by atoms with Gasteiger partial charge in [0.25, 0.3) is 0 Å². The van der Waals surface area contributed by atoms with Crippen LogP contribution in [0.3, 0.4) is 0 Å². The second kappa shape index (κ2) is 7.42. The van der Waals surface area contributed by atoms with E-state index in [1.165, 1.54) is 0 Å². The van der Waals surface area contributed by atoms with Gasteiger partial charge in [0, 0.05) is 16.1 Å². The Kier molecular flexibility index (Phi) is 7.96. The summed E-state index contributed by atoms with van der Waals surface area (Å²) in [6.07, 6.45) is -2.35. The van der Waals surface area contributed by atoms with Gasteiger partial charge < -0.3 is 20.4 Å². The summed E-state index contributed by atoms with van der Waals surface area (Å²) in [6.45, 7) is -0.816. The number of hydrogen-bond acceptors (Lipinski definition) is 4. The highest BCUT2D eigenvalue weighted by atomic mass is 79.9. The monoisotopic (exact) mass is 368 g/mol. The SMILES string of the molecule is OCC(O)C(Cl)C(O)C(CO)(CBr)CBr. The van der Waals surface area contributed by atoms with Crippen LogP contribution in [0.25, 0.3) is 0 Å². The van der Waals surface area contributed by atoms with Gasteiger partial charge >= 0.3 is 0 Å². The smallest absolute Gasteiger partial charge is 0.0959 e. The molecule has 4 N–H and O–H groups in total. The molecule has 0 aromatic heterocycles. The second-order valence-electron chi connectivity index (χ2n) is 3.43. The van der Waals surface area contributed by atoms with Gasteiger partial charge in [0.2, 0.25) is 0 Å². The van der Waals surface area contributed by atoms with Crippen LogP contribution in [0.5, 0.6) is 0 Å². The zero-order chi connectivity index (χ0) is 12.1. The molecular formula is C8H15Br2ClO4. The number of halogens is 3. The van der Waals surface area contributed by atoms with E-state index in [0.29, 0.717) is 10.7 Å². The maximum absolute atomic E-state index is 9.91. The van der Waals surface area contributed by atoms with Crippen LogP contribution in [-0.4, -0.2) is 61.9 Å². The van der Waals surface area contributed by atoms with Crippen molar-refractivity contribution < 1.29 is 20.4 Å². The summed E-state index contributed by atoms with van der Waals surface area (Å²) in [5, 5.41) is 36.8. The van der Waals surface area contributed by atoms with Gasteiger partial charge in [-0.15, -0.1) is 11.6 Å². The number of alkyl halides is 3. The largest absolute Gasteiger partial charge is 0.396 e. The molecule has 0 fully saturated rings. The van der Waals surface area contributed by atoms with E-state index in [9.17, 15) is 15.3 Å². The molecule has 0 saturated carbocycles. The van der Waals surface area contributed by atoms with Crippen LogP contribution in [0.4, 0.5) is 0 Å². The molecular weight excluding hydrogens is 355 g/mol. The first-order valence-electron chi connectivity index (χ1n) is 4.33. The highest BCUT2D eigenvalue weighted by Gasteiger charge is 2.42. The Morgan fingerprint density at radius 3 is 1.87 bits per heavy atom. The topological polar surface area (TPSA) is 80.9 Å². The van der Waals surface area contributed by atoms with Crippen molar-refractivity contribution in [1.82, 2.24) is 0 Å². The number of hydrogen-bond donors (Lipinski definition) is 4. The van der Waals surface area contributed by atoms with Gasteiger partial charge in [-0.2, -0.15) is 0 Å². The lowest BCUT2D eigenvalue weighted by atomic mass is 9.84. The van der Waals surface area contributed by atoms with E-state index in [0.717, 1.165) is 0 Å². The molecule has 0 bridgehead atoms. The third-order valence-corrected chi connectivity index (χ3v) is 5.09. The Labute approximate surface area is 111 Å². The van der Waals surface area contributed by atoms with Crippen molar-refractivity contribution >= 4 is 43.5 Å². The highest BCUT2D eigenvalue weighted by molar-refractivity contribution is 9.09. The van der Waals surface area contributed by atoms with E-state index >= 15 is 0 Å². The van der Waals surface area contributed by atoms with Crippen LogP contribution >= 0.6 is 43.5 Å². The fourth-order valence-electron chi connectivity index (χ4n) is 1.02. The van der Waals surface area contributed by atoms with E-state index in [1.54, 1.807) is 0 Å². The average Bonchev–Trinajstić information content (AvgIpc) is 2.29. The summed E-state index contributed by atoms with van der Waals surface area (Å²) >= 11 is 12.2. The van der Waals surface area contributed by atoms with Crippen molar-refractivity contribution in [3.05, 3.63) is 0 Å². The van der Waals surface area contributed by atoms with Gasteiger partial charge in [-0.05, 0) is 0 Å². The van der Waals surface area contributed by atoms with Crippen LogP contribution in [0, 0.1) is 5.41 Å². The molecule has 0 aliphatic heterocycles. The molecule has 3 atom stereocenters. The first-order chi connectivity index (χ1) is 6.98. The minimum Gasteiger partial charge on any atom is -0.396 e. The summed E-state index contributed by atoms with van der Waals surface area (Å²) in [6, 6.07) is 0. The van der Waals surface area contributed by atoms with Crippen LogP contribution in [0.15, 0.2) is 0 Å². The van der Waals surface area contributed by atoms with E-state index in [1.807, 2.05) is 0 Å². The molecule has 0 rings (SSSR count). The summed E-state index contributed by atoms with van der Waals surface area (Å²) in [4.78, 5) is 0. The molecule has 0 aliphatic carbocycles. The summed E-state index contributed by atoms with van der Waals surface area (Å²) in [7, 11) is 0. The van der Waals surface area contributed by atoms with E-state index in [2.05, 4.69) is 31.9 Å². The van der Waals surface area contributed by atoms with Gasteiger partial charge in [-0.3, -0.25) is 0 Å². The molecule has 0 aromatic rings. The molecule has 3 unspecified atom stereocenters. The first kappa shape index (κ1) is 16.1. The fraction of sp³-hybridized carbons (Fsp3) is 1.00. The predicted octanol–water partition coefficient (Wildman–Crippen LogP) is 0.0764. The van der Waals surface area contributed by atoms with Crippen molar-refractivity contribution in [3.8, 4) is 0 Å². The first-order valence-corrected chi connectivity index (χ1v) is 7.01. The summed E-state index contributed by atoms with van der Waals surface area (Å²) in [5.41, 5.74) is -0.872. The Hall–Kier alpha value is 1.09. The fourth-order valence-corrected chi connectivity index (χ4v) is 3.31. The molecule has 0 aromatic carbocycles. The van der Waals surface area contributed by atoms with Gasteiger partial charge in [0.15, 0.2) is 0 Å². The molecule has 92 valence electrons. The van der Waals surface area contributed by atoms with Gasteiger partial charge in [-0.1, -0.05) is 31.9 Å². The lowest BCUT2D eigenvalue weighted by Gasteiger charge is -2.36. The zero-order valence-electron chi connectivity index (χ0n) is 7.98. The minimum absolute atomic E-state index is 0.286. The Balaban J connectivity index is 4.69. The zero-order valence-corrected chi connectivity index (χ0v) is 11.9. The third-order valence-electron chi connectivity index (χ3n) is 2.33. The Morgan fingerprint density at radius 2 is 1.60 bits per heavy atom. The van der Waals surface area contributed by atoms with Crippen LogP contribution in [0.2, 0.25) is 0 Å². The lowest BCUT2D eigenvalue weighted by Crippen LogP contribution is -2.50. The van der Waals surface area contributed by atoms with E-state index in [4.69, 9.17) is 16.7 Å². The normalized spacial score (nSPS) is 18.6. The predicted molar refractivity (Wildman–Crippen MR) is 65.8 cm³/mol. The lowest BCUT2D eigenvalue weighted by molar-refractivity contribution is -0.0233. The maximum atomic E-state index is 9.91. The molecule has 0 saturated heterocycles. The molecule has 0 aliphatic rings. The molecule has 7 heteroatoms. The Bertz CT molecular complexity index is 172. The number of aliphatic hydroxyl groups excluding tert-OH is 4. The van der Waals surface area contributed by atoms with E-state index < -0.39 is 29.6 Å². The Morgan fingerprint density at radius 1 is 1.13 bits per heavy atom. The molecule has 0 spiro atoms. The molecule has 15 heavy (non-hydrogen) atoms. The van der Waals surface area contributed by atoms with Crippen molar-refractivity contribution in [2.75, 3.05) is 23.9 Å². The third kappa shape index (κ3) is 3.80. The minimum atomic E-state index is -1.22. The summed E-state index contributed by atoms with van der Waals surface area (Å²) in [5.74, 6) is 0. The van der Waals surface area contributed by atoms with Gasteiger partial charge in [0.1, 0.15) is 0 Å². The van der Waals surface area contributed by atoms with E-state index in [-0.39, 0.29) is 6.61 Å². The second-order valence-corrected chi connectivity index (χ2v) is 5.05. The average molecular weight is 370 g/mol. The van der Waals surface area contributed by atoms with Crippen LogP contribution in [0.1, 0.15) is 0 Å². The molecule has 0 amide bonds. The molecule has 4 nitrogen and oxygen atoms in total. The molecule has 0 radical (unpaired) electrons. The molecule has 0 heterocycles. The van der Waals surface area contributed by atoms with Crippen LogP contribution in [-0.2, 0) is 0 Å². The maximum Gasteiger partial charge on any atom is 0.0959 e. The van der Waals surface area contributed by atoms with Gasteiger partial charge in [-0.25, -0.2) is 0 Å². The highest BCUT2D eigenvalue weighted by Crippen LogP contribution is 2.31. The van der Waals surface area contributed by atoms with Gasteiger partial charge in [0.05, 0.1) is 30.8 Å². The van der Waals surface area contributed by atoms with Crippen molar-refractivity contribution in [1.29, 1.82) is 0 Å². The summed E-state index contributed by atoms with van der Waals surface area (Å²) < 4.78 is 0. The van der Waals surface area contributed by atoms with Crippen LogP contribution < -0.4 is 0 Å². The van der Waals surface area contributed by atoms with Crippen molar-refractivity contribution in [3.63, 3.8) is 0 Å². The number of rotatable bonds is 7. The quantitative estimate of drug-likeness (QED) is 0.479.